The zero-order chi connectivity index (χ0) is 24.0. The van der Waals surface area contributed by atoms with E-state index in [1.54, 1.807) is 4.57 Å². The Morgan fingerprint density at radius 3 is 2.33 bits per heavy atom. The average Bonchev–Trinajstić information content (AvgIpc) is 2.78. The third-order valence-corrected chi connectivity index (χ3v) is 5.91. The predicted octanol–water partition coefficient (Wildman–Crippen LogP) is 6.29. The molecule has 5 nitrogen and oxygen atoms in total. The molecule has 0 saturated heterocycles. The highest BCUT2D eigenvalue weighted by atomic mass is 16.2. The van der Waals surface area contributed by atoms with Crippen LogP contribution in [0.2, 0.25) is 0 Å². The minimum Gasteiger partial charge on any atom is -0.333 e. The summed E-state index contributed by atoms with van der Waals surface area (Å²) in [6, 6.07) is 16.7. The normalized spacial score (nSPS) is 12.6. The Balaban J connectivity index is 2.11. The molecule has 3 aromatic rings. The Bertz CT molecular complexity index is 1130. The van der Waals surface area contributed by atoms with Crippen molar-refractivity contribution in [1.82, 2.24) is 14.5 Å². The summed E-state index contributed by atoms with van der Waals surface area (Å²) in [7, 11) is 0. The van der Waals surface area contributed by atoms with E-state index in [2.05, 4.69) is 27.7 Å². The summed E-state index contributed by atoms with van der Waals surface area (Å²) in [6.45, 7) is 11.1. The summed E-state index contributed by atoms with van der Waals surface area (Å²) in [4.78, 5) is 33.9. The number of nitrogens with zero attached hydrogens (tertiary/aromatic N) is 3. The number of rotatable bonds is 9. The van der Waals surface area contributed by atoms with Crippen molar-refractivity contribution in [3.05, 3.63) is 70.8 Å². The number of amides is 1. The number of hydrogen-bond donors (Lipinski definition) is 0. The van der Waals surface area contributed by atoms with E-state index in [0.717, 1.165) is 31.4 Å². The number of para-hydroxylation sites is 2. The molecule has 5 heteroatoms. The van der Waals surface area contributed by atoms with Crippen LogP contribution < -0.4 is 5.56 Å². The second-order valence-corrected chi connectivity index (χ2v) is 10.0. The van der Waals surface area contributed by atoms with E-state index >= 15 is 0 Å². The number of unbranched alkanes of at least 4 members (excludes halogenated alkanes) is 3. The van der Waals surface area contributed by atoms with Gasteiger partial charge in [0, 0.05) is 13.0 Å². The molecule has 0 aliphatic heterocycles. The van der Waals surface area contributed by atoms with E-state index < -0.39 is 0 Å². The summed E-state index contributed by atoms with van der Waals surface area (Å²) >= 11 is 0. The molecule has 0 aliphatic carbocycles. The number of aromatic nitrogens is 2. The third kappa shape index (κ3) is 6.10. The predicted molar refractivity (Wildman–Crippen MR) is 136 cm³/mol. The van der Waals surface area contributed by atoms with Gasteiger partial charge in [0.2, 0.25) is 5.91 Å². The molecule has 0 saturated carbocycles. The number of carbonyl (C=O) groups is 1. The van der Waals surface area contributed by atoms with Gasteiger partial charge in [0.1, 0.15) is 5.82 Å². The Morgan fingerprint density at radius 1 is 1.00 bits per heavy atom. The molecule has 0 radical (unpaired) electrons. The molecule has 2 aromatic carbocycles. The molecule has 0 bridgehead atoms. The van der Waals surface area contributed by atoms with E-state index in [0.29, 0.717) is 29.7 Å². The van der Waals surface area contributed by atoms with Crippen LogP contribution in [0, 0.1) is 5.41 Å². The van der Waals surface area contributed by atoms with Gasteiger partial charge in [-0.15, -0.1) is 0 Å². The third-order valence-electron chi connectivity index (χ3n) is 5.91. The van der Waals surface area contributed by atoms with Crippen LogP contribution in [0.15, 0.2) is 59.4 Å². The largest absolute Gasteiger partial charge is 0.333 e. The molecule has 1 heterocycles. The minimum absolute atomic E-state index is 0.105. The number of carbonyl (C=O) groups excluding carboxylic acids is 1. The molecular weight excluding hydrogens is 410 g/mol. The topological polar surface area (TPSA) is 55.2 Å². The van der Waals surface area contributed by atoms with Gasteiger partial charge in [-0.3, -0.25) is 14.2 Å². The van der Waals surface area contributed by atoms with Gasteiger partial charge in [-0.05, 0) is 43.0 Å². The quantitative estimate of drug-likeness (QED) is 0.362. The Morgan fingerprint density at radius 2 is 1.67 bits per heavy atom. The fourth-order valence-corrected chi connectivity index (χ4v) is 4.19. The molecule has 1 amide bonds. The molecule has 0 spiro atoms. The molecule has 1 unspecified atom stereocenters. The Labute approximate surface area is 197 Å². The standard InChI is InChI=1S/C28H37N3O2/c1-6-7-8-14-19-30(25(32)20-28(3,4)5)21(2)26-29-24-18-13-12-17-23(24)27(33)31(26)22-15-10-9-11-16-22/h9-13,15-18,21H,6-8,14,19-20H2,1-5H3. The minimum atomic E-state index is -0.334. The van der Waals surface area contributed by atoms with Crippen LogP contribution in [0.1, 0.15) is 78.6 Å². The van der Waals surface area contributed by atoms with Crippen molar-refractivity contribution in [3.8, 4) is 5.69 Å². The summed E-state index contributed by atoms with van der Waals surface area (Å²) in [6.07, 6.45) is 4.77. The monoisotopic (exact) mass is 447 g/mol. The maximum Gasteiger partial charge on any atom is 0.266 e. The van der Waals surface area contributed by atoms with Crippen LogP contribution in [-0.4, -0.2) is 26.9 Å². The first-order chi connectivity index (χ1) is 15.7. The van der Waals surface area contributed by atoms with Crippen molar-refractivity contribution < 1.29 is 4.79 Å². The van der Waals surface area contributed by atoms with Gasteiger partial charge >= 0.3 is 0 Å². The number of hydrogen-bond acceptors (Lipinski definition) is 3. The van der Waals surface area contributed by atoms with Crippen molar-refractivity contribution in [1.29, 1.82) is 0 Å². The lowest BCUT2D eigenvalue weighted by atomic mass is 9.91. The lowest BCUT2D eigenvalue weighted by molar-refractivity contribution is -0.135. The van der Waals surface area contributed by atoms with Crippen LogP contribution in [0.4, 0.5) is 0 Å². The van der Waals surface area contributed by atoms with Crippen LogP contribution in [0.3, 0.4) is 0 Å². The fraction of sp³-hybridized carbons (Fsp3) is 0.464. The number of fused-ring (bicyclic) bond motifs is 1. The molecule has 176 valence electrons. The van der Waals surface area contributed by atoms with Crippen molar-refractivity contribution in [3.63, 3.8) is 0 Å². The van der Waals surface area contributed by atoms with Crippen LogP contribution >= 0.6 is 0 Å². The summed E-state index contributed by atoms with van der Waals surface area (Å²) in [5.41, 5.74) is 1.19. The Kier molecular flexibility index (Phi) is 8.06. The molecule has 0 N–H and O–H groups in total. The molecule has 3 rings (SSSR count). The molecule has 1 aromatic heterocycles. The second kappa shape index (κ2) is 10.8. The van der Waals surface area contributed by atoms with Gasteiger partial charge in [0.15, 0.2) is 0 Å². The highest BCUT2D eigenvalue weighted by Gasteiger charge is 2.29. The first kappa shape index (κ1) is 24.7. The fourth-order valence-electron chi connectivity index (χ4n) is 4.19. The maximum atomic E-state index is 13.6. The van der Waals surface area contributed by atoms with E-state index in [1.165, 1.54) is 0 Å². The van der Waals surface area contributed by atoms with E-state index in [4.69, 9.17) is 4.98 Å². The van der Waals surface area contributed by atoms with Crippen molar-refractivity contribution in [2.75, 3.05) is 6.54 Å². The Hall–Kier alpha value is -2.95. The lowest BCUT2D eigenvalue weighted by Crippen LogP contribution is -2.39. The van der Waals surface area contributed by atoms with Gasteiger partial charge in [-0.1, -0.05) is 77.3 Å². The van der Waals surface area contributed by atoms with Crippen LogP contribution in [-0.2, 0) is 4.79 Å². The van der Waals surface area contributed by atoms with Crippen molar-refractivity contribution in [2.24, 2.45) is 5.41 Å². The van der Waals surface area contributed by atoms with Crippen LogP contribution in [0.5, 0.6) is 0 Å². The first-order valence-corrected chi connectivity index (χ1v) is 12.1. The van der Waals surface area contributed by atoms with Crippen molar-refractivity contribution >= 4 is 16.8 Å². The molecule has 33 heavy (non-hydrogen) atoms. The smallest absolute Gasteiger partial charge is 0.266 e. The summed E-state index contributed by atoms with van der Waals surface area (Å²) in [5.74, 6) is 0.705. The SMILES string of the molecule is CCCCCCN(C(=O)CC(C)(C)C)C(C)c1nc2ccccc2c(=O)n1-c1ccccc1. The van der Waals surface area contributed by atoms with Gasteiger partial charge in [0.05, 0.1) is 22.6 Å². The highest BCUT2D eigenvalue weighted by molar-refractivity contribution is 5.79. The molecule has 0 fully saturated rings. The zero-order valence-corrected chi connectivity index (χ0v) is 20.7. The second-order valence-electron chi connectivity index (χ2n) is 10.0. The van der Waals surface area contributed by atoms with Gasteiger partial charge < -0.3 is 4.90 Å². The molecule has 0 aliphatic rings. The molecule has 1 atom stereocenters. The average molecular weight is 448 g/mol. The first-order valence-electron chi connectivity index (χ1n) is 12.1. The van der Waals surface area contributed by atoms with Gasteiger partial charge in [-0.2, -0.15) is 0 Å². The number of benzene rings is 2. The highest BCUT2D eigenvalue weighted by Crippen LogP contribution is 2.27. The summed E-state index contributed by atoms with van der Waals surface area (Å²) < 4.78 is 1.68. The summed E-state index contributed by atoms with van der Waals surface area (Å²) in [5, 5.41) is 0.577. The lowest BCUT2D eigenvalue weighted by Gasteiger charge is -2.33. The molecular formula is C28H37N3O2. The van der Waals surface area contributed by atoms with E-state index in [1.807, 2.05) is 66.4 Å². The van der Waals surface area contributed by atoms with Gasteiger partial charge in [0.25, 0.3) is 5.56 Å². The maximum absolute atomic E-state index is 13.6. The van der Waals surface area contributed by atoms with E-state index in [9.17, 15) is 9.59 Å². The van der Waals surface area contributed by atoms with Crippen molar-refractivity contribution in [2.45, 2.75) is 72.8 Å². The van der Waals surface area contributed by atoms with Crippen LogP contribution in [0.25, 0.3) is 16.6 Å². The van der Waals surface area contributed by atoms with E-state index in [-0.39, 0.29) is 22.9 Å². The zero-order valence-electron chi connectivity index (χ0n) is 20.7. The van der Waals surface area contributed by atoms with Gasteiger partial charge in [-0.25, -0.2) is 4.98 Å².